The average Bonchev–Trinajstić information content (AvgIpc) is 3.10. The fraction of sp³-hybridized carbons (Fsp3) is 0.312. The van der Waals surface area contributed by atoms with Gasteiger partial charge in [0.05, 0.1) is 12.8 Å². The van der Waals surface area contributed by atoms with Gasteiger partial charge in [0.15, 0.2) is 0 Å². The van der Waals surface area contributed by atoms with E-state index in [4.69, 9.17) is 10.00 Å². The molecule has 0 bridgehead atoms. The first-order chi connectivity index (χ1) is 12.0. The summed E-state index contributed by atoms with van der Waals surface area (Å²) in [6.07, 6.45) is 1.90. The van der Waals surface area contributed by atoms with Crippen LogP contribution in [0.3, 0.4) is 0 Å². The predicted molar refractivity (Wildman–Crippen MR) is 92.5 cm³/mol. The second-order valence-corrected chi connectivity index (χ2v) is 5.61. The molecule has 0 saturated heterocycles. The molecule has 9 nitrogen and oxygen atoms in total. The van der Waals surface area contributed by atoms with E-state index in [0.717, 1.165) is 0 Å². The Bertz CT molecular complexity index is 791. The van der Waals surface area contributed by atoms with Crippen molar-refractivity contribution in [1.82, 2.24) is 20.6 Å². The number of nitrogens with one attached hydrogen (secondary N) is 3. The fourth-order valence-corrected chi connectivity index (χ4v) is 2.03. The molecule has 0 saturated carbocycles. The number of tetrazole rings is 1. The summed E-state index contributed by atoms with van der Waals surface area (Å²) < 4.78 is 5.32. The second kappa shape index (κ2) is 8.44. The molecule has 0 atom stereocenters. The number of nitriles is 1. The molecule has 3 N–H and O–H groups in total. The maximum absolute atomic E-state index is 11.9. The number of benzene rings is 1. The average molecular weight is 341 g/mol. The summed E-state index contributed by atoms with van der Waals surface area (Å²) in [5, 5.41) is 28.2. The number of anilines is 2. The third-order valence-corrected chi connectivity index (χ3v) is 3.16. The molecule has 2 rings (SSSR count). The van der Waals surface area contributed by atoms with E-state index >= 15 is 0 Å². The Morgan fingerprint density at radius 2 is 2.28 bits per heavy atom. The van der Waals surface area contributed by atoms with Gasteiger partial charge in [-0.3, -0.25) is 4.79 Å². The van der Waals surface area contributed by atoms with E-state index in [2.05, 4.69) is 31.3 Å². The molecule has 1 aromatic carbocycles. The molecular weight excluding hydrogens is 322 g/mol. The van der Waals surface area contributed by atoms with Crippen molar-refractivity contribution in [3.8, 4) is 11.8 Å². The fourth-order valence-electron chi connectivity index (χ4n) is 2.03. The molecule has 25 heavy (non-hydrogen) atoms. The second-order valence-electron chi connectivity index (χ2n) is 5.61. The predicted octanol–water partition coefficient (Wildman–Crippen LogP) is 2.17. The molecule has 130 valence electrons. The summed E-state index contributed by atoms with van der Waals surface area (Å²) in [5.74, 6) is 0.900. The molecule has 0 spiro atoms. The van der Waals surface area contributed by atoms with Crippen molar-refractivity contribution >= 4 is 22.9 Å². The minimum Gasteiger partial charge on any atom is -0.494 e. The van der Waals surface area contributed by atoms with Crippen LogP contribution in [0.2, 0.25) is 0 Å². The van der Waals surface area contributed by atoms with E-state index in [1.165, 1.54) is 13.3 Å². The number of ether oxygens (including phenoxy) is 1. The number of amides is 1. The van der Waals surface area contributed by atoms with Crippen LogP contribution < -0.4 is 15.4 Å². The zero-order valence-electron chi connectivity index (χ0n) is 14.2. The SMILES string of the molecule is COc1cc(NC=C(C#N)c2nn[nH]n2)ccc1NC(=O)CC(C)C. The standard InChI is InChI=1S/C16H19N7O2/c1-10(2)6-15(24)19-13-5-4-12(7-14(13)25-3)18-9-11(8-17)16-20-22-23-21-16/h4-5,7,9-10,18H,6H2,1-3H3,(H,19,24)(H,20,21,22,23). The minimum absolute atomic E-state index is 0.0715. The van der Waals surface area contributed by atoms with E-state index in [9.17, 15) is 4.79 Å². The molecule has 0 unspecified atom stereocenters. The van der Waals surface area contributed by atoms with E-state index in [1.54, 1.807) is 18.2 Å². The van der Waals surface area contributed by atoms with E-state index in [-0.39, 0.29) is 23.2 Å². The molecule has 0 aliphatic carbocycles. The highest BCUT2D eigenvalue weighted by molar-refractivity contribution is 5.92. The maximum Gasteiger partial charge on any atom is 0.224 e. The first-order valence-electron chi connectivity index (χ1n) is 7.62. The van der Waals surface area contributed by atoms with E-state index < -0.39 is 0 Å². The van der Waals surface area contributed by atoms with Gasteiger partial charge in [0.25, 0.3) is 0 Å². The van der Waals surface area contributed by atoms with E-state index in [1.807, 2.05) is 19.9 Å². The van der Waals surface area contributed by atoms with Crippen LogP contribution in [0.1, 0.15) is 26.1 Å². The lowest BCUT2D eigenvalue weighted by Gasteiger charge is -2.13. The highest BCUT2D eigenvalue weighted by Gasteiger charge is 2.10. The van der Waals surface area contributed by atoms with Gasteiger partial charge in [-0.05, 0) is 23.3 Å². The van der Waals surface area contributed by atoms with Crippen molar-refractivity contribution in [3.63, 3.8) is 0 Å². The molecule has 1 aromatic heterocycles. The molecule has 0 aliphatic heterocycles. The monoisotopic (exact) mass is 341 g/mol. The highest BCUT2D eigenvalue weighted by atomic mass is 16.5. The Morgan fingerprint density at radius 1 is 1.48 bits per heavy atom. The molecule has 0 radical (unpaired) electrons. The number of hydrogen-bond donors (Lipinski definition) is 3. The quantitative estimate of drug-likeness (QED) is 0.658. The smallest absolute Gasteiger partial charge is 0.224 e. The maximum atomic E-state index is 11.9. The van der Waals surface area contributed by atoms with Crippen LogP contribution in [-0.4, -0.2) is 33.6 Å². The molecule has 9 heteroatoms. The van der Waals surface area contributed by atoms with Crippen LogP contribution in [0.5, 0.6) is 5.75 Å². The number of rotatable bonds is 7. The van der Waals surface area contributed by atoms with Crippen LogP contribution in [0.4, 0.5) is 11.4 Å². The molecule has 1 amide bonds. The van der Waals surface area contributed by atoms with Crippen LogP contribution >= 0.6 is 0 Å². The topological polar surface area (TPSA) is 129 Å². The molecule has 0 fully saturated rings. The number of carbonyl (C=O) groups excluding carboxylic acids is 1. The lowest BCUT2D eigenvalue weighted by atomic mass is 10.1. The molecule has 0 aliphatic rings. The van der Waals surface area contributed by atoms with Crippen LogP contribution in [0, 0.1) is 17.2 Å². The van der Waals surface area contributed by atoms with Crippen molar-refractivity contribution < 1.29 is 9.53 Å². The Labute approximate surface area is 145 Å². The summed E-state index contributed by atoms with van der Waals surface area (Å²) in [6.45, 7) is 3.96. The number of hydrogen-bond acceptors (Lipinski definition) is 7. The first kappa shape index (κ1) is 17.9. The number of H-pyrrole nitrogens is 1. The zero-order valence-corrected chi connectivity index (χ0v) is 14.2. The van der Waals surface area contributed by atoms with Gasteiger partial charge in [0.2, 0.25) is 11.7 Å². The van der Waals surface area contributed by atoms with Crippen molar-refractivity contribution in [2.75, 3.05) is 17.7 Å². The summed E-state index contributed by atoms with van der Waals surface area (Å²) in [7, 11) is 1.52. The lowest BCUT2D eigenvalue weighted by Crippen LogP contribution is -2.14. The summed E-state index contributed by atoms with van der Waals surface area (Å²) in [6, 6.07) is 7.19. The normalized spacial score (nSPS) is 11.1. The zero-order chi connectivity index (χ0) is 18.2. The van der Waals surface area contributed by atoms with Gasteiger partial charge in [-0.2, -0.15) is 10.5 Å². The van der Waals surface area contributed by atoms with Gasteiger partial charge >= 0.3 is 0 Å². The Kier molecular flexibility index (Phi) is 6.06. The van der Waals surface area contributed by atoms with Gasteiger partial charge < -0.3 is 15.4 Å². The van der Waals surface area contributed by atoms with Crippen molar-refractivity contribution in [1.29, 1.82) is 5.26 Å². The van der Waals surface area contributed by atoms with Gasteiger partial charge in [0, 0.05) is 24.4 Å². The number of allylic oxidation sites excluding steroid dienone is 1. The number of aromatic amines is 1. The number of aromatic nitrogens is 4. The largest absolute Gasteiger partial charge is 0.494 e. The van der Waals surface area contributed by atoms with Crippen molar-refractivity contribution in [2.45, 2.75) is 20.3 Å². The van der Waals surface area contributed by atoms with Gasteiger partial charge in [0.1, 0.15) is 17.4 Å². The highest BCUT2D eigenvalue weighted by Crippen LogP contribution is 2.28. The first-order valence-corrected chi connectivity index (χ1v) is 7.62. The Morgan fingerprint density at radius 3 is 2.88 bits per heavy atom. The third kappa shape index (κ3) is 5.04. The van der Waals surface area contributed by atoms with Crippen molar-refractivity contribution in [2.24, 2.45) is 5.92 Å². The van der Waals surface area contributed by atoms with Crippen molar-refractivity contribution in [3.05, 3.63) is 30.2 Å². The summed E-state index contributed by atoms with van der Waals surface area (Å²) in [5.41, 5.74) is 1.48. The molecule has 2 aromatic rings. The molecular formula is C16H19N7O2. The molecule has 1 heterocycles. The number of nitrogens with zero attached hydrogens (tertiary/aromatic N) is 4. The van der Waals surface area contributed by atoms with Crippen LogP contribution in [0.25, 0.3) is 5.57 Å². The summed E-state index contributed by atoms with van der Waals surface area (Å²) in [4.78, 5) is 11.9. The van der Waals surface area contributed by atoms with Crippen LogP contribution in [-0.2, 0) is 4.79 Å². The Hall–Kier alpha value is -3.41. The summed E-state index contributed by atoms with van der Waals surface area (Å²) >= 11 is 0. The number of carbonyl (C=O) groups is 1. The Balaban J connectivity index is 2.13. The minimum atomic E-state index is -0.0715. The van der Waals surface area contributed by atoms with Gasteiger partial charge in [-0.1, -0.05) is 13.8 Å². The number of methoxy groups -OCH3 is 1. The lowest BCUT2D eigenvalue weighted by molar-refractivity contribution is -0.116. The van der Waals surface area contributed by atoms with Gasteiger partial charge in [-0.25, -0.2) is 0 Å². The van der Waals surface area contributed by atoms with Gasteiger partial charge in [-0.15, -0.1) is 10.2 Å². The van der Waals surface area contributed by atoms with E-state index in [0.29, 0.717) is 23.5 Å². The van der Waals surface area contributed by atoms with Crippen LogP contribution in [0.15, 0.2) is 24.4 Å². The third-order valence-electron chi connectivity index (χ3n) is 3.16.